The minimum absolute atomic E-state index is 0.649. The lowest BCUT2D eigenvalue weighted by atomic mass is 10.0. The Bertz CT molecular complexity index is 173. The van der Waals surface area contributed by atoms with Gasteiger partial charge in [-0.3, -0.25) is 0 Å². The Hall–Kier alpha value is -0.340. The van der Waals surface area contributed by atoms with Gasteiger partial charge < -0.3 is 10.2 Å². The van der Waals surface area contributed by atoms with Crippen molar-refractivity contribution in [3.8, 4) is 0 Å². The van der Waals surface area contributed by atoms with Crippen LogP contribution >= 0.6 is 0 Å². The van der Waals surface area contributed by atoms with Crippen LogP contribution in [0.5, 0.6) is 0 Å². The Balaban J connectivity index is 2.00. The number of rotatable bonds is 7. The van der Waals surface area contributed by atoms with Crippen molar-refractivity contribution in [1.82, 2.24) is 10.2 Å². The third kappa shape index (κ3) is 5.33. The average molecular weight is 210 g/mol. The van der Waals surface area contributed by atoms with E-state index in [0.717, 1.165) is 6.54 Å². The van der Waals surface area contributed by atoms with Gasteiger partial charge in [0.2, 0.25) is 0 Å². The number of hydrogen-bond donors (Lipinski definition) is 1. The van der Waals surface area contributed by atoms with E-state index in [-0.39, 0.29) is 0 Å². The van der Waals surface area contributed by atoms with Crippen molar-refractivity contribution >= 4 is 0 Å². The highest BCUT2D eigenvalue weighted by molar-refractivity contribution is 4.97. The average Bonchev–Trinajstić information content (AvgIpc) is 2.31. The molecule has 0 radical (unpaired) electrons. The lowest BCUT2D eigenvalue weighted by Gasteiger charge is -2.20. The Morgan fingerprint density at radius 1 is 1.33 bits per heavy atom. The molecule has 0 heterocycles. The van der Waals surface area contributed by atoms with Gasteiger partial charge in [0.05, 0.1) is 0 Å². The Morgan fingerprint density at radius 2 is 2.13 bits per heavy atom. The van der Waals surface area contributed by atoms with Gasteiger partial charge in [0.15, 0.2) is 0 Å². The van der Waals surface area contributed by atoms with Gasteiger partial charge in [0.25, 0.3) is 0 Å². The summed E-state index contributed by atoms with van der Waals surface area (Å²) in [6, 6.07) is 0.649. The standard InChI is InChI=1S/C13H26N2/c1-3-15(4-2)12-8-11-14-13-9-6-5-7-10-13/h6,9,13-14H,3-5,7-8,10-12H2,1-2H3. The van der Waals surface area contributed by atoms with Crippen LogP contribution in [-0.2, 0) is 0 Å². The highest BCUT2D eigenvalue weighted by Crippen LogP contribution is 2.09. The van der Waals surface area contributed by atoms with Gasteiger partial charge in [-0.05, 0) is 51.9 Å². The molecule has 2 heteroatoms. The van der Waals surface area contributed by atoms with Crippen molar-refractivity contribution in [3.05, 3.63) is 12.2 Å². The maximum absolute atomic E-state index is 3.61. The molecule has 88 valence electrons. The highest BCUT2D eigenvalue weighted by Gasteiger charge is 2.06. The van der Waals surface area contributed by atoms with Crippen LogP contribution in [0, 0.1) is 0 Å². The van der Waals surface area contributed by atoms with Crippen molar-refractivity contribution in [2.45, 2.75) is 45.6 Å². The molecule has 1 rings (SSSR count). The summed E-state index contributed by atoms with van der Waals surface area (Å²) < 4.78 is 0. The van der Waals surface area contributed by atoms with Gasteiger partial charge in [-0.15, -0.1) is 0 Å². The molecule has 0 aliphatic heterocycles. The van der Waals surface area contributed by atoms with Crippen LogP contribution < -0.4 is 5.32 Å². The molecule has 1 aliphatic carbocycles. The summed E-state index contributed by atoms with van der Waals surface area (Å²) in [7, 11) is 0. The van der Waals surface area contributed by atoms with Gasteiger partial charge in [-0.1, -0.05) is 26.0 Å². The second kappa shape index (κ2) is 7.89. The second-order valence-electron chi connectivity index (χ2n) is 4.30. The molecule has 0 aromatic rings. The number of nitrogens with one attached hydrogen (secondary N) is 1. The summed E-state index contributed by atoms with van der Waals surface area (Å²) in [5.41, 5.74) is 0. The molecule has 0 aromatic heterocycles. The first-order valence-electron chi connectivity index (χ1n) is 6.49. The van der Waals surface area contributed by atoms with Crippen LogP contribution in [0.1, 0.15) is 39.5 Å². The van der Waals surface area contributed by atoms with E-state index < -0.39 is 0 Å². The maximum atomic E-state index is 3.61. The van der Waals surface area contributed by atoms with E-state index in [0.29, 0.717) is 6.04 Å². The zero-order valence-corrected chi connectivity index (χ0v) is 10.3. The molecule has 0 aromatic carbocycles. The number of allylic oxidation sites excluding steroid dienone is 1. The fraction of sp³-hybridized carbons (Fsp3) is 0.846. The van der Waals surface area contributed by atoms with Crippen molar-refractivity contribution in [2.75, 3.05) is 26.2 Å². The van der Waals surface area contributed by atoms with Gasteiger partial charge in [-0.2, -0.15) is 0 Å². The molecular weight excluding hydrogens is 184 g/mol. The summed E-state index contributed by atoms with van der Waals surface area (Å²) in [4.78, 5) is 2.48. The lowest BCUT2D eigenvalue weighted by molar-refractivity contribution is 0.296. The largest absolute Gasteiger partial charge is 0.310 e. The first kappa shape index (κ1) is 12.7. The number of hydrogen-bond acceptors (Lipinski definition) is 2. The SMILES string of the molecule is CCN(CC)CCCNC1C=CCCC1. The van der Waals surface area contributed by atoms with Crippen LogP contribution in [0.3, 0.4) is 0 Å². The van der Waals surface area contributed by atoms with Crippen LogP contribution in [0.15, 0.2) is 12.2 Å². The lowest BCUT2D eigenvalue weighted by Crippen LogP contribution is -2.32. The zero-order valence-electron chi connectivity index (χ0n) is 10.3. The molecule has 1 unspecified atom stereocenters. The van der Waals surface area contributed by atoms with Gasteiger partial charge in [-0.25, -0.2) is 0 Å². The first-order valence-corrected chi connectivity index (χ1v) is 6.49. The maximum Gasteiger partial charge on any atom is 0.0250 e. The van der Waals surface area contributed by atoms with Crippen molar-refractivity contribution < 1.29 is 0 Å². The van der Waals surface area contributed by atoms with E-state index in [1.54, 1.807) is 0 Å². The van der Waals surface area contributed by atoms with Crippen LogP contribution in [0.4, 0.5) is 0 Å². The summed E-state index contributed by atoms with van der Waals surface area (Å²) in [5.74, 6) is 0. The topological polar surface area (TPSA) is 15.3 Å². The van der Waals surface area contributed by atoms with E-state index in [2.05, 4.69) is 36.2 Å². The third-order valence-corrected chi connectivity index (χ3v) is 3.21. The summed E-state index contributed by atoms with van der Waals surface area (Å²) >= 11 is 0. The smallest absolute Gasteiger partial charge is 0.0250 e. The van der Waals surface area contributed by atoms with Gasteiger partial charge >= 0.3 is 0 Å². The van der Waals surface area contributed by atoms with E-state index >= 15 is 0 Å². The molecule has 0 amide bonds. The Labute approximate surface area is 94.7 Å². The highest BCUT2D eigenvalue weighted by atomic mass is 15.1. The molecule has 0 fully saturated rings. The molecule has 0 saturated heterocycles. The monoisotopic (exact) mass is 210 g/mol. The second-order valence-corrected chi connectivity index (χ2v) is 4.30. The Morgan fingerprint density at radius 3 is 2.73 bits per heavy atom. The summed E-state index contributed by atoms with van der Waals surface area (Å²) in [6.45, 7) is 9.23. The third-order valence-electron chi connectivity index (χ3n) is 3.21. The molecule has 0 spiro atoms. The van der Waals surface area contributed by atoms with Crippen LogP contribution in [0.2, 0.25) is 0 Å². The molecule has 2 nitrogen and oxygen atoms in total. The zero-order chi connectivity index (χ0) is 10.9. The van der Waals surface area contributed by atoms with E-state index in [1.165, 1.54) is 45.3 Å². The van der Waals surface area contributed by atoms with Crippen LogP contribution in [-0.4, -0.2) is 37.1 Å². The summed E-state index contributed by atoms with van der Waals surface area (Å²) in [5, 5.41) is 3.61. The first-order chi connectivity index (χ1) is 7.36. The van der Waals surface area contributed by atoms with Crippen molar-refractivity contribution in [1.29, 1.82) is 0 Å². The van der Waals surface area contributed by atoms with Crippen molar-refractivity contribution in [2.24, 2.45) is 0 Å². The quantitative estimate of drug-likeness (QED) is 0.513. The summed E-state index contributed by atoms with van der Waals surface area (Å²) in [6.07, 6.45) is 9.86. The van der Waals surface area contributed by atoms with E-state index in [9.17, 15) is 0 Å². The van der Waals surface area contributed by atoms with Crippen molar-refractivity contribution in [3.63, 3.8) is 0 Å². The molecular formula is C13H26N2. The fourth-order valence-corrected chi connectivity index (χ4v) is 2.11. The molecule has 1 aliphatic rings. The number of nitrogens with zero attached hydrogens (tertiary/aromatic N) is 1. The predicted octanol–water partition coefficient (Wildman–Crippen LogP) is 2.42. The van der Waals surface area contributed by atoms with Gasteiger partial charge in [0, 0.05) is 6.04 Å². The molecule has 1 N–H and O–H groups in total. The van der Waals surface area contributed by atoms with Crippen LogP contribution in [0.25, 0.3) is 0 Å². The molecule has 15 heavy (non-hydrogen) atoms. The molecule has 0 bridgehead atoms. The minimum atomic E-state index is 0.649. The molecule has 0 saturated carbocycles. The van der Waals surface area contributed by atoms with E-state index in [4.69, 9.17) is 0 Å². The predicted molar refractivity (Wildman–Crippen MR) is 67.2 cm³/mol. The molecule has 1 atom stereocenters. The normalized spacial score (nSPS) is 21.1. The van der Waals surface area contributed by atoms with E-state index in [1.807, 2.05) is 0 Å². The minimum Gasteiger partial charge on any atom is -0.310 e. The van der Waals surface area contributed by atoms with Gasteiger partial charge in [0.1, 0.15) is 0 Å². The fourth-order valence-electron chi connectivity index (χ4n) is 2.11. The Kier molecular flexibility index (Phi) is 6.69.